The summed E-state index contributed by atoms with van der Waals surface area (Å²) in [5, 5.41) is 5.60. The van der Waals surface area contributed by atoms with Crippen LogP contribution in [0.3, 0.4) is 0 Å². The molecule has 2 amide bonds. The summed E-state index contributed by atoms with van der Waals surface area (Å²) in [6, 6.07) is 6.56. The van der Waals surface area contributed by atoms with Crippen molar-refractivity contribution in [2.75, 3.05) is 23.8 Å². The maximum atomic E-state index is 12.0. The Morgan fingerprint density at radius 3 is 1.70 bits per heavy atom. The van der Waals surface area contributed by atoms with E-state index in [2.05, 4.69) is 30.6 Å². The fraction of sp³-hybridized carbons (Fsp3) is 0.111. The summed E-state index contributed by atoms with van der Waals surface area (Å²) in [5.74, 6) is -0.600. The summed E-state index contributed by atoms with van der Waals surface area (Å²) < 4.78 is 10.4. The van der Waals surface area contributed by atoms with Gasteiger partial charge in [0.25, 0.3) is 11.8 Å². The predicted molar refractivity (Wildman–Crippen MR) is 109 cm³/mol. The zero-order valence-corrected chi connectivity index (χ0v) is 16.7. The zero-order chi connectivity index (χ0) is 21.3. The highest BCUT2D eigenvalue weighted by atomic mass is 35.5. The van der Waals surface area contributed by atoms with Gasteiger partial charge in [0.1, 0.15) is 0 Å². The molecule has 0 unspecified atom stereocenters. The van der Waals surface area contributed by atoms with Gasteiger partial charge in [-0.25, -0.2) is 0 Å². The smallest absolute Gasteiger partial charge is 0.262 e. The van der Waals surface area contributed by atoms with E-state index in [-0.39, 0.29) is 35.3 Å². The highest BCUT2D eigenvalue weighted by Crippen LogP contribution is 2.16. The molecule has 2 heterocycles. The first-order chi connectivity index (χ1) is 14.5. The van der Waals surface area contributed by atoms with E-state index in [1.54, 1.807) is 24.3 Å². The number of rotatable bonds is 8. The monoisotopic (exact) mass is 448 g/mol. The standard InChI is InChI=1S/C18H14Cl2N6O4/c19-13-5-21-7-17(25-13)29-9-15(27)23-11-2-1-3-12(4-11)24-16(28)10-30-18-8-22-6-14(20)26-18/h1-8H,9-10H2,(H,23,27)(H,24,28). The lowest BCUT2D eigenvalue weighted by atomic mass is 10.2. The third-order valence-electron chi connectivity index (χ3n) is 3.30. The van der Waals surface area contributed by atoms with Gasteiger partial charge in [-0.2, -0.15) is 9.97 Å². The van der Waals surface area contributed by atoms with Gasteiger partial charge in [0.2, 0.25) is 11.8 Å². The Morgan fingerprint density at radius 2 is 1.27 bits per heavy atom. The van der Waals surface area contributed by atoms with Crippen molar-refractivity contribution in [1.29, 1.82) is 0 Å². The minimum Gasteiger partial charge on any atom is -0.466 e. The van der Waals surface area contributed by atoms with Crippen LogP contribution in [0.15, 0.2) is 49.1 Å². The molecular weight excluding hydrogens is 435 g/mol. The van der Waals surface area contributed by atoms with Crippen LogP contribution in [0.4, 0.5) is 11.4 Å². The fourth-order valence-electron chi connectivity index (χ4n) is 2.14. The number of halogens is 2. The van der Waals surface area contributed by atoms with Gasteiger partial charge in [0.05, 0.1) is 24.8 Å². The second-order valence-electron chi connectivity index (χ2n) is 5.61. The van der Waals surface area contributed by atoms with Crippen molar-refractivity contribution in [1.82, 2.24) is 19.9 Å². The van der Waals surface area contributed by atoms with E-state index in [0.717, 1.165) is 0 Å². The summed E-state index contributed by atoms with van der Waals surface area (Å²) >= 11 is 11.4. The molecule has 0 radical (unpaired) electrons. The van der Waals surface area contributed by atoms with Crippen LogP contribution in [0, 0.1) is 0 Å². The summed E-state index contributed by atoms with van der Waals surface area (Å²) in [6.07, 6.45) is 5.38. The average Bonchev–Trinajstić information content (AvgIpc) is 2.71. The maximum absolute atomic E-state index is 12.0. The van der Waals surface area contributed by atoms with Crippen molar-refractivity contribution in [2.24, 2.45) is 0 Å². The summed E-state index contributed by atoms with van der Waals surface area (Å²) in [5.41, 5.74) is 0.917. The van der Waals surface area contributed by atoms with E-state index >= 15 is 0 Å². The first-order valence-corrected chi connectivity index (χ1v) is 9.14. The molecule has 3 rings (SSSR count). The van der Waals surface area contributed by atoms with Crippen LogP contribution in [0.25, 0.3) is 0 Å². The molecule has 0 aliphatic rings. The SMILES string of the molecule is O=C(COc1cncc(Cl)n1)Nc1cccc(NC(=O)COc2cncc(Cl)n2)c1. The number of hydrogen-bond donors (Lipinski definition) is 2. The Morgan fingerprint density at radius 1 is 0.800 bits per heavy atom. The van der Waals surface area contributed by atoms with Gasteiger partial charge in [0, 0.05) is 11.4 Å². The van der Waals surface area contributed by atoms with Gasteiger partial charge < -0.3 is 20.1 Å². The third kappa shape index (κ3) is 6.83. The third-order valence-corrected chi connectivity index (χ3v) is 3.66. The average molecular weight is 449 g/mol. The van der Waals surface area contributed by atoms with Crippen LogP contribution in [-0.2, 0) is 9.59 Å². The van der Waals surface area contributed by atoms with E-state index in [9.17, 15) is 9.59 Å². The molecule has 12 heteroatoms. The van der Waals surface area contributed by atoms with Crippen molar-refractivity contribution >= 4 is 46.4 Å². The lowest BCUT2D eigenvalue weighted by molar-refractivity contribution is -0.118. The van der Waals surface area contributed by atoms with Crippen LogP contribution < -0.4 is 20.1 Å². The molecule has 0 fully saturated rings. The number of aromatic nitrogens is 4. The van der Waals surface area contributed by atoms with Crippen LogP contribution in [0.1, 0.15) is 0 Å². The molecule has 2 N–H and O–H groups in total. The normalized spacial score (nSPS) is 10.2. The molecule has 154 valence electrons. The number of amides is 2. The molecule has 1 aromatic carbocycles. The van der Waals surface area contributed by atoms with E-state index in [0.29, 0.717) is 11.4 Å². The topological polar surface area (TPSA) is 128 Å². The zero-order valence-electron chi connectivity index (χ0n) is 15.2. The Labute approximate surface area is 180 Å². The number of benzene rings is 1. The fourth-order valence-corrected chi connectivity index (χ4v) is 2.42. The van der Waals surface area contributed by atoms with Crippen LogP contribution in [0.2, 0.25) is 10.3 Å². The molecule has 0 aliphatic heterocycles. The second-order valence-corrected chi connectivity index (χ2v) is 6.39. The lowest BCUT2D eigenvalue weighted by Crippen LogP contribution is -2.22. The van der Waals surface area contributed by atoms with Crippen molar-refractivity contribution < 1.29 is 19.1 Å². The Hall–Kier alpha value is -3.50. The van der Waals surface area contributed by atoms with Gasteiger partial charge in [-0.15, -0.1) is 0 Å². The van der Waals surface area contributed by atoms with E-state index < -0.39 is 11.8 Å². The number of nitrogens with one attached hydrogen (secondary N) is 2. The molecular formula is C18H14Cl2N6O4. The summed E-state index contributed by atoms with van der Waals surface area (Å²) in [6.45, 7) is -0.583. The van der Waals surface area contributed by atoms with Gasteiger partial charge in [-0.3, -0.25) is 19.6 Å². The minimum atomic E-state index is -0.428. The number of anilines is 2. The number of nitrogens with zero attached hydrogens (tertiary/aromatic N) is 4. The highest BCUT2D eigenvalue weighted by Gasteiger charge is 2.08. The summed E-state index contributed by atoms with van der Waals surface area (Å²) in [4.78, 5) is 39.4. The number of carbonyl (C=O) groups excluding carboxylic acids is 2. The first-order valence-electron chi connectivity index (χ1n) is 8.38. The molecule has 3 aromatic rings. The maximum Gasteiger partial charge on any atom is 0.262 e. The molecule has 2 aromatic heterocycles. The Bertz CT molecular complexity index is 974. The molecule has 0 aliphatic carbocycles. The number of ether oxygens (including phenoxy) is 2. The van der Waals surface area contributed by atoms with Gasteiger partial charge in [0.15, 0.2) is 23.5 Å². The molecule has 0 spiro atoms. The Kier molecular flexibility index (Phi) is 7.30. The Balaban J connectivity index is 1.48. The molecule has 30 heavy (non-hydrogen) atoms. The second kappa shape index (κ2) is 10.3. The predicted octanol–water partition coefficient (Wildman–Crippen LogP) is 2.61. The molecule has 0 saturated heterocycles. The molecule has 0 saturated carbocycles. The van der Waals surface area contributed by atoms with Crippen LogP contribution in [0.5, 0.6) is 11.8 Å². The van der Waals surface area contributed by atoms with Crippen molar-refractivity contribution in [3.05, 3.63) is 59.4 Å². The first kappa shape index (κ1) is 21.2. The van der Waals surface area contributed by atoms with Crippen LogP contribution in [-0.4, -0.2) is 45.0 Å². The minimum absolute atomic E-state index is 0.128. The van der Waals surface area contributed by atoms with Crippen molar-refractivity contribution in [3.8, 4) is 11.8 Å². The largest absolute Gasteiger partial charge is 0.466 e. The van der Waals surface area contributed by atoms with E-state index in [4.69, 9.17) is 32.7 Å². The van der Waals surface area contributed by atoms with Gasteiger partial charge in [-0.05, 0) is 18.2 Å². The van der Waals surface area contributed by atoms with Crippen molar-refractivity contribution in [2.45, 2.75) is 0 Å². The quantitative estimate of drug-likeness (QED) is 0.537. The van der Waals surface area contributed by atoms with Gasteiger partial charge in [-0.1, -0.05) is 29.3 Å². The number of carbonyl (C=O) groups is 2. The highest BCUT2D eigenvalue weighted by molar-refractivity contribution is 6.29. The van der Waals surface area contributed by atoms with Gasteiger partial charge >= 0.3 is 0 Å². The summed E-state index contributed by atoms with van der Waals surface area (Å²) in [7, 11) is 0. The lowest BCUT2D eigenvalue weighted by Gasteiger charge is -2.10. The van der Waals surface area contributed by atoms with E-state index in [1.165, 1.54) is 24.8 Å². The molecule has 0 atom stereocenters. The molecule has 10 nitrogen and oxygen atoms in total. The number of hydrogen-bond acceptors (Lipinski definition) is 8. The van der Waals surface area contributed by atoms with Crippen LogP contribution >= 0.6 is 23.2 Å². The molecule has 0 bridgehead atoms. The van der Waals surface area contributed by atoms with E-state index in [1.807, 2.05) is 0 Å². The van der Waals surface area contributed by atoms with Crippen molar-refractivity contribution in [3.63, 3.8) is 0 Å².